The normalized spacial score (nSPS) is 11.6. The van der Waals surface area contributed by atoms with Gasteiger partial charge in [0.15, 0.2) is 11.6 Å². The molecule has 2 rings (SSSR count). The van der Waals surface area contributed by atoms with Crippen LogP contribution in [0.25, 0.3) is 0 Å². The van der Waals surface area contributed by atoms with Crippen molar-refractivity contribution in [1.29, 1.82) is 0 Å². The number of aromatic nitrogens is 1. The van der Waals surface area contributed by atoms with Gasteiger partial charge in [-0.1, -0.05) is 12.1 Å². The Balaban J connectivity index is 2.09. The van der Waals surface area contributed by atoms with Crippen LogP contribution in [0, 0.1) is 5.82 Å². The van der Waals surface area contributed by atoms with Crippen molar-refractivity contribution in [3.05, 3.63) is 46.2 Å². The van der Waals surface area contributed by atoms with E-state index in [1.165, 1.54) is 17.4 Å². The minimum atomic E-state index is -0.338. The summed E-state index contributed by atoms with van der Waals surface area (Å²) >= 11 is 1.50. The molecule has 0 radical (unpaired) electrons. The number of nitrogens with zero attached hydrogens (tertiary/aromatic N) is 1. The molecule has 1 aromatic carbocycles. The van der Waals surface area contributed by atoms with Crippen molar-refractivity contribution in [2.24, 2.45) is 0 Å². The fourth-order valence-corrected chi connectivity index (χ4v) is 2.20. The topological polar surface area (TPSA) is 34.1 Å². The Bertz CT molecular complexity index is 549. The maximum absolute atomic E-state index is 13.9. The van der Waals surface area contributed by atoms with E-state index < -0.39 is 0 Å². The quantitative estimate of drug-likeness (QED) is 0.912. The molecule has 0 unspecified atom stereocenters. The van der Waals surface area contributed by atoms with Crippen molar-refractivity contribution < 1.29 is 9.13 Å². The van der Waals surface area contributed by atoms with Crippen LogP contribution < -0.4 is 10.1 Å². The molecule has 0 bridgehead atoms. The molecule has 0 fully saturated rings. The first-order valence-corrected chi connectivity index (χ1v) is 7.37. The lowest BCUT2D eigenvalue weighted by Crippen LogP contribution is -2.35. The van der Waals surface area contributed by atoms with Gasteiger partial charge in [-0.05, 0) is 26.8 Å². The first-order chi connectivity index (χ1) is 9.46. The van der Waals surface area contributed by atoms with E-state index in [0.717, 1.165) is 10.6 Å². The number of halogens is 1. The van der Waals surface area contributed by atoms with Gasteiger partial charge in [0.25, 0.3) is 0 Å². The van der Waals surface area contributed by atoms with Crippen LogP contribution in [0.4, 0.5) is 4.39 Å². The first-order valence-electron chi connectivity index (χ1n) is 6.49. The number of rotatable bonds is 5. The molecule has 0 saturated carbocycles. The lowest BCUT2D eigenvalue weighted by molar-refractivity contribution is 0.284. The molecule has 0 aliphatic rings. The Morgan fingerprint density at radius 1 is 1.35 bits per heavy atom. The van der Waals surface area contributed by atoms with Crippen molar-refractivity contribution in [2.45, 2.75) is 39.5 Å². The highest BCUT2D eigenvalue weighted by atomic mass is 32.1. The molecule has 0 spiro atoms. The summed E-state index contributed by atoms with van der Waals surface area (Å²) in [7, 11) is 0. The van der Waals surface area contributed by atoms with Crippen LogP contribution in [0.2, 0.25) is 0 Å². The Morgan fingerprint density at radius 2 is 2.15 bits per heavy atom. The Hall–Kier alpha value is -1.46. The third-order valence-corrected chi connectivity index (χ3v) is 3.43. The van der Waals surface area contributed by atoms with Crippen molar-refractivity contribution in [1.82, 2.24) is 10.3 Å². The molecule has 0 aliphatic heterocycles. The zero-order valence-corrected chi connectivity index (χ0v) is 12.8. The van der Waals surface area contributed by atoms with Crippen LogP contribution in [-0.4, -0.2) is 10.5 Å². The van der Waals surface area contributed by atoms with Gasteiger partial charge in [0.05, 0.1) is 0 Å². The monoisotopic (exact) mass is 294 g/mol. The SMILES string of the molecule is CC(C)(C)NCc1cccc(F)c1OCc1nccs1. The van der Waals surface area contributed by atoms with Gasteiger partial charge in [0.2, 0.25) is 0 Å². The molecule has 1 N–H and O–H groups in total. The number of hydrogen-bond acceptors (Lipinski definition) is 4. The molecule has 1 aromatic heterocycles. The highest BCUT2D eigenvalue weighted by Crippen LogP contribution is 2.24. The second-order valence-corrected chi connectivity index (χ2v) is 6.53. The van der Waals surface area contributed by atoms with Gasteiger partial charge >= 0.3 is 0 Å². The van der Waals surface area contributed by atoms with Crippen LogP contribution in [0.3, 0.4) is 0 Å². The molecule has 0 atom stereocenters. The second-order valence-electron chi connectivity index (χ2n) is 5.55. The van der Waals surface area contributed by atoms with Gasteiger partial charge in [0, 0.05) is 29.2 Å². The maximum Gasteiger partial charge on any atom is 0.165 e. The molecular formula is C15H19FN2OS. The first kappa shape index (κ1) is 14.9. The van der Waals surface area contributed by atoms with E-state index >= 15 is 0 Å². The van der Waals surface area contributed by atoms with E-state index in [1.54, 1.807) is 12.3 Å². The fourth-order valence-electron chi connectivity index (χ4n) is 1.67. The van der Waals surface area contributed by atoms with E-state index in [0.29, 0.717) is 18.9 Å². The third-order valence-electron chi connectivity index (χ3n) is 2.68. The van der Waals surface area contributed by atoms with Crippen molar-refractivity contribution in [3.8, 4) is 5.75 Å². The van der Waals surface area contributed by atoms with Gasteiger partial charge in [-0.15, -0.1) is 11.3 Å². The smallest absolute Gasteiger partial charge is 0.165 e. The molecule has 20 heavy (non-hydrogen) atoms. The van der Waals surface area contributed by atoms with E-state index in [2.05, 4.69) is 31.1 Å². The zero-order chi connectivity index (χ0) is 14.6. The number of thiazole rings is 1. The summed E-state index contributed by atoms with van der Waals surface area (Å²) in [5.74, 6) is -0.0331. The number of ether oxygens (including phenoxy) is 1. The van der Waals surface area contributed by atoms with Crippen LogP contribution >= 0.6 is 11.3 Å². The summed E-state index contributed by atoms with van der Waals surface area (Å²) in [5.41, 5.74) is 0.787. The minimum absolute atomic E-state index is 0.0289. The van der Waals surface area contributed by atoms with Crippen LogP contribution in [-0.2, 0) is 13.2 Å². The third kappa shape index (κ3) is 4.28. The second kappa shape index (κ2) is 6.33. The van der Waals surface area contributed by atoms with Crippen LogP contribution in [0.5, 0.6) is 5.75 Å². The number of hydrogen-bond donors (Lipinski definition) is 1. The molecule has 108 valence electrons. The highest BCUT2D eigenvalue weighted by Gasteiger charge is 2.14. The minimum Gasteiger partial charge on any atom is -0.483 e. The molecule has 5 heteroatoms. The van der Waals surface area contributed by atoms with Crippen molar-refractivity contribution in [2.75, 3.05) is 0 Å². The van der Waals surface area contributed by atoms with E-state index in [-0.39, 0.29) is 11.4 Å². The van der Waals surface area contributed by atoms with Crippen molar-refractivity contribution >= 4 is 11.3 Å². The van der Waals surface area contributed by atoms with Crippen LogP contribution in [0.15, 0.2) is 29.8 Å². The molecule has 3 nitrogen and oxygen atoms in total. The Morgan fingerprint density at radius 3 is 2.80 bits per heavy atom. The summed E-state index contributed by atoms with van der Waals surface area (Å²) in [5, 5.41) is 6.05. The summed E-state index contributed by atoms with van der Waals surface area (Å²) in [6, 6.07) is 4.99. The highest BCUT2D eigenvalue weighted by molar-refractivity contribution is 7.09. The van der Waals surface area contributed by atoms with Gasteiger partial charge in [-0.25, -0.2) is 9.37 Å². The summed E-state index contributed by atoms with van der Waals surface area (Å²) in [6.07, 6.45) is 1.72. The molecular weight excluding hydrogens is 275 g/mol. The number of para-hydroxylation sites is 1. The fraction of sp³-hybridized carbons (Fsp3) is 0.400. The summed E-state index contributed by atoms with van der Waals surface area (Å²) in [6.45, 7) is 7.07. The average molecular weight is 294 g/mol. The van der Waals surface area contributed by atoms with E-state index in [1.807, 2.05) is 11.4 Å². The van der Waals surface area contributed by atoms with E-state index in [9.17, 15) is 4.39 Å². The predicted octanol–water partition coefficient (Wildman–Crippen LogP) is 3.75. The molecule has 1 heterocycles. The van der Waals surface area contributed by atoms with Gasteiger partial charge in [0.1, 0.15) is 11.6 Å². The zero-order valence-electron chi connectivity index (χ0n) is 11.9. The molecule has 0 aliphatic carbocycles. The van der Waals surface area contributed by atoms with Gasteiger partial charge in [-0.3, -0.25) is 0 Å². The number of nitrogens with one attached hydrogen (secondary N) is 1. The van der Waals surface area contributed by atoms with Crippen molar-refractivity contribution in [3.63, 3.8) is 0 Å². The lowest BCUT2D eigenvalue weighted by Gasteiger charge is -2.21. The molecule has 2 aromatic rings. The van der Waals surface area contributed by atoms with Gasteiger partial charge in [-0.2, -0.15) is 0 Å². The Kier molecular flexibility index (Phi) is 4.73. The number of benzene rings is 1. The van der Waals surface area contributed by atoms with Crippen LogP contribution in [0.1, 0.15) is 31.3 Å². The van der Waals surface area contributed by atoms with E-state index in [4.69, 9.17) is 4.74 Å². The predicted molar refractivity (Wildman–Crippen MR) is 79.4 cm³/mol. The molecule has 0 saturated heterocycles. The largest absolute Gasteiger partial charge is 0.483 e. The molecule has 0 amide bonds. The summed E-state index contributed by atoms with van der Waals surface area (Å²) < 4.78 is 19.5. The standard InChI is InChI=1S/C15H19FN2OS/c1-15(2,3)18-9-11-5-4-6-12(16)14(11)19-10-13-17-7-8-20-13/h4-8,18H,9-10H2,1-3H3. The maximum atomic E-state index is 13.9. The van der Waals surface area contributed by atoms with Gasteiger partial charge < -0.3 is 10.1 Å². The lowest BCUT2D eigenvalue weighted by atomic mass is 10.1. The average Bonchev–Trinajstić information content (AvgIpc) is 2.87. The Labute approximate surface area is 122 Å². The summed E-state index contributed by atoms with van der Waals surface area (Å²) in [4.78, 5) is 4.13.